The molecule has 2 aromatic carbocycles. The van der Waals surface area contributed by atoms with Crippen LogP contribution in [0.25, 0.3) is 26.8 Å². The molecule has 1 aromatic heterocycles. The fraction of sp³-hybridized carbons (Fsp3) is 0.379. The number of nitriles is 1. The molecule has 1 amide bonds. The number of rotatable bonds is 10. The number of benzene rings is 2. The van der Waals surface area contributed by atoms with Crippen molar-refractivity contribution in [1.82, 2.24) is 10.2 Å². The summed E-state index contributed by atoms with van der Waals surface area (Å²) in [6.07, 6.45) is 0. The van der Waals surface area contributed by atoms with Crippen LogP contribution >= 0.6 is 11.3 Å². The summed E-state index contributed by atoms with van der Waals surface area (Å²) in [5, 5.41) is 27.4. The first-order chi connectivity index (χ1) is 18.0. The first-order valence-electron chi connectivity index (χ1n) is 12.7. The van der Waals surface area contributed by atoms with E-state index < -0.39 is 5.91 Å². The Kier molecular flexibility index (Phi) is 9.31. The summed E-state index contributed by atoms with van der Waals surface area (Å²) in [6, 6.07) is 18.9. The van der Waals surface area contributed by atoms with Crippen LogP contribution in [0.2, 0.25) is 0 Å². The maximum absolute atomic E-state index is 12.5. The van der Waals surface area contributed by atoms with Crippen molar-refractivity contribution in [3.05, 3.63) is 59.0 Å². The van der Waals surface area contributed by atoms with Gasteiger partial charge in [0.15, 0.2) is 0 Å². The fourth-order valence-electron chi connectivity index (χ4n) is 4.23. The van der Waals surface area contributed by atoms with Crippen molar-refractivity contribution in [2.75, 3.05) is 57.9 Å². The number of nitrogens with zero attached hydrogens (tertiary/aromatic N) is 2. The van der Waals surface area contributed by atoms with E-state index >= 15 is 0 Å². The van der Waals surface area contributed by atoms with Gasteiger partial charge in [0.25, 0.3) is 5.91 Å². The molecule has 8 heteroatoms. The molecule has 194 valence electrons. The molecular formula is C29H34N4O3S. The zero-order valence-electron chi connectivity index (χ0n) is 21.4. The number of anilines is 1. The molecule has 3 aromatic rings. The smallest absolute Gasteiger partial charge is 0.262 e. The van der Waals surface area contributed by atoms with E-state index in [2.05, 4.69) is 58.0 Å². The molecule has 1 aliphatic heterocycles. The molecule has 1 unspecified atom stereocenters. The maximum atomic E-state index is 12.5. The normalized spacial score (nSPS) is 15.6. The molecule has 37 heavy (non-hydrogen) atoms. The zero-order valence-corrected chi connectivity index (χ0v) is 22.2. The lowest BCUT2D eigenvalue weighted by Crippen LogP contribution is -2.38. The number of fused-ring (bicyclic) bond motifs is 1. The average Bonchev–Trinajstić information content (AvgIpc) is 3.43. The number of carbonyl (C=O) groups is 1. The van der Waals surface area contributed by atoms with Crippen molar-refractivity contribution in [2.24, 2.45) is 5.92 Å². The molecule has 7 nitrogen and oxygen atoms in total. The third-order valence-electron chi connectivity index (χ3n) is 6.60. The summed E-state index contributed by atoms with van der Waals surface area (Å²) < 4.78 is 5.41. The van der Waals surface area contributed by atoms with Crippen LogP contribution in [0.4, 0.5) is 5.69 Å². The van der Waals surface area contributed by atoms with E-state index in [0.29, 0.717) is 12.1 Å². The van der Waals surface area contributed by atoms with E-state index in [1.165, 1.54) is 5.39 Å². The molecular weight excluding hydrogens is 484 g/mol. The highest BCUT2D eigenvalue weighted by Crippen LogP contribution is 2.34. The summed E-state index contributed by atoms with van der Waals surface area (Å²) >= 11 is 1.57. The van der Waals surface area contributed by atoms with Crippen LogP contribution in [0.1, 0.15) is 18.7 Å². The number of morpholine rings is 1. The van der Waals surface area contributed by atoms with Crippen molar-refractivity contribution in [3.8, 4) is 16.5 Å². The first-order valence-corrected chi connectivity index (χ1v) is 13.5. The Balaban J connectivity index is 1.44. The van der Waals surface area contributed by atoms with Gasteiger partial charge in [-0.1, -0.05) is 25.1 Å². The summed E-state index contributed by atoms with van der Waals surface area (Å²) in [4.78, 5) is 16.9. The molecule has 0 spiro atoms. The highest BCUT2D eigenvalue weighted by molar-refractivity contribution is 7.16. The Labute approximate surface area is 222 Å². The Hall–Kier alpha value is -3.22. The molecule has 3 N–H and O–H groups in total. The third-order valence-corrected chi connectivity index (χ3v) is 7.85. The Morgan fingerprint density at radius 2 is 1.92 bits per heavy atom. The van der Waals surface area contributed by atoms with E-state index in [4.69, 9.17) is 9.84 Å². The summed E-state index contributed by atoms with van der Waals surface area (Å²) in [7, 11) is 0. The second-order valence-corrected chi connectivity index (χ2v) is 10.5. The molecule has 1 atom stereocenters. The lowest BCUT2D eigenvalue weighted by molar-refractivity contribution is -0.117. The van der Waals surface area contributed by atoms with Gasteiger partial charge in [0, 0.05) is 54.8 Å². The van der Waals surface area contributed by atoms with Crippen molar-refractivity contribution in [2.45, 2.75) is 13.8 Å². The number of allylic oxidation sites excluding steroid dienone is 1. The molecule has 1 aliphatic rings. The highest BCUT2D eigenvalue weighted by Gasteiger charge is 2.16. The summed E-state index contributed by atoms with van der Waals surface area (Å²) in [5.74, 6) is -0.470. The van der Waals surface area contributed by atoms with Gasteiger partial charge in [-0.05, 0) is 65.1 Å². The van der Waals surface area contributed by atoms with Gasteiger partial charge in [0.1, 0.15) is 11.6 Å². The number of hydrogen-bond donors (Lipinski definition) is 3. The van der Waals surface area contributed by atoms with Gasteiger partial charge in [-0.2, -0.15) is 5.26 Å². The van der Waals surface area contributed by atoms with E-state index in [1.807, 2.05) is 19.1 Å². The largest absolute Gasteiger partial charge is 0.396 e. The number of thiophene rings is 1. The molecule has 0 bridgehead atoms. The Morgan fingerprint density at radius 1 is 1.16 bits per heavy atom. The van der Waals surface area contributed by atoms with E-state index in [1.54, 1.807) is 18.3 Å². The topological polar surface area (TPSA) is 97.6 Å². The van der Waals surface area contributed by atoms with E-state index in [0.717, 1.165) is 65.8 Å². The van der Waals surface area contributed by atoms with E-state index in [-0.39, 0.29) is 18.1 Å². The van der Waals surface area contributed by atoms with Gasteiger partial charge in [-0.25, -0.2) is 0 Å². The summed E-state index contributed by atoms with van der Waals surface area (Å²) in [6.45, 7) is 9.48. The fourth-order valence-corrected chi connectivity index (χ4v) is 5.24. The molecule has 0 radical (unpaired) electrons. The second-order valence-electron chi connectivity index (χ2n) is 9.43. The SMILES string of the molecule is C/C(=C(/C#N)C(=O)NCC(C)CO)c1ccc(-c2ccc3cc(NCCN4CCOCC4)ccc3c2)s1. The lowest BCUT2D eigenvalue weighted by atomic mass is 10.0. The maximum Gasteiger partial charge on any atom is 0.262 e. The zero-order chi connectivity index (χ0) is 26.2. The minimum absolute atomic E-state index is 0.0162. The van der Waals surface area contributed by atoms with Gasteiger partial charge >= 0.3 is 0 Å². The number of aliphatic hydroxyl groups is 1. The molecule has 0 saturated carbocycles. The van der Waals surface area contributed by atoms with Crippen LogP contribution < -0.4 is 10.6 Å². The van der Waals surface area contributed by atoms with Crippen molar-refractivity contribution in [3.63, 3.8) is 0 Å². The highest BCUT2D eigenvalue weighted by atomic mass is 32.1. The number of amides is 1. The van der Waals surface area contributed by atoms with Crippen LogP contribution in [0.3, 0.4) is 0 Å². The number of ether oxygens (including phenoxy) is 1. The quantitative estimate of drug-likeness (QED) is 0.273. The van der Waals surface area contributed by atoms with Gasteiger partial charge in [-0.15, -0.1) is 11.3 Å². The standard InChI is InChI=1S/C29H34N4O3S/c1-20(19-34)18-32-29(35)26(17-30)21(2)27-7-8-28(37-27)24-4-3-23-16-25(6-5-22(23)15-24)31-9-10-33-11-13-36-14-12-33/h3-8,15-16,20,31,34H,9-14,18-19H2,1-2H3,(H,32,35)/b26-21+. The second kappa shape index (κ2) is 12.8. The van der Waals surface area contributed by atoms with Crippen molar-refractivity contribution >= 4 is 39.3 Å². The number of carbonyl (C=O) groups excluding carboxylic acids is 1. The predicted octanol–water partition coefficient (Wildman–Crippen LogP) is 4.35. The van der Waals surface area contributed by atoms with Crippen LogP contribution in [0.15, 0.2) is 54.1 Å². The van der Waals surface area contributed by atoms with Crippen molar-refractivity contribution in [1.29, 1.82) is 5.26 Å². The number of hydrogen-bond acceptors (Lipinski definition) is 7. The van der Waals surface area contributed by atoms with E-state index in [9.17, 15) is 10.1 Å². The average molecular weight is 519 g/mol. The molecule has 0 aliphatic carbocycles. The van der Waals surface area contributed by atoms with Gasteiger partial charge in [0.05, 0.1) is 13.2 Å². The molecule has 4 rings (SSSR count). The summed E-state index contributed by atoms with van der Waals surface area (Å²) in [5.41, 5.74) is 2.97. The Morgan fingerprint density at radius 3 is 2.68 bits per heavy atom. The lowest BCUT2D eigenvalue weighted by Gasteiger charge is -2.26. The van der Waals surface area contributed by atoms with Gasteiger partial charge in [0.2, 0.25) is 0 Å². The first kappa shape index (κ1) is 26.8. The third kappa shape index (κ3) is 6.96. The van der Waals surface area contributed by atoms with Crippen LogP contribution in [0, 0.1) is 17.2 Å². The minimum atomic E-state index is -0.407. The molecule has 1 saturated heterocycles. The van der Waals surface area contributed by atoms with Crippen molar-refractivity contribution < 1.29 is 14.6 Å². The van der Waals surface area contributed by atoms with Gasteiger partial charge in [-0.3, -0.25) is 9.69 Å². The van der Waals surface area contributed by atoms with Crippen LogP contribution in [0.5, 0.6) is 0 Å². The van der Waals surface area contributed by atoms with Crippen LogP contribution in [-0.4, -0.2) is 68.5 Å². The predicted molar refractivity (Wildman–Crippen MR) is 150 cm³/mol. The van der Waals surface area contributed by atoms with Gasteiger partial charge < -0.3 is 20.5 Å². The number of aliphatic hydroxyl groups excluding tert-OH is 1. The minimum Gasteiger partial charge on any atom is -0.396 e. The Bertz CT molecular complexity index is 1300. The monoisotopic (exact) mass is 518 g/mol. The molecule has 1 fully saturated rings. The van der Waals surface area contributed by atoms with Crippen LogP contribution in [-0.2, 0) is 9.53 Å². The number of nitrogens with one attached hydrogen (secondary N) is 2. The molecule has 2 heterocycles.